The molecule has 0 aliphatic carbocycles. The monoisotopic (exact) mass is 329 g/mol. The van der Waals surface area contributed by atoms with E-state index in [1.807, 2.05) is 31.2 Å². The van der Waals surface area contributed by atoms with Crippen LogP contribution in [0, 0.1) is 18.3 Å². The Morgan fingerprint density at radius 2 is 2.22 bits per heavy atom. The molecule has 0 fully saturated rings. The summed E-state index contributed by atoms with van der Waals surface area (Å²) >= 11 is 0. The molecule has 1 N–H and O–H groups in total. The molecule has 1 atom stereocenters. The number of nitrogens with zero attached hydrogens (tertiary/aromatic N) is 2. The first-order valence-electron chi connectivity index (χ1n) is 7.08. The lowest BCUT2D eigenvalue weighted by Gasteiger charge is -2.27. The number of fused-ring (bicyclic) bond motifs is 1. The number of benzene rings is 1. The van der Waals surface area contributed by atoms with Gasteiger partial charge in [-0.15, -0.1) is 0 Å². The summed E-state index contributed by atoms with van der Waals surface area (Å²) in [5.41, 5.74) is 2.22. The van der Waals surface area contributed by atoms with Gasteiger partial charge in [-0.2, -0.15) is 5.26 Å². The lowest BCUT2D eigenvalue weighted by molar-refractivity contribution is 0.252. The molecule has 2 aromatic rings. The number of pyridine rings is 1. The third kappa shape index (κ3) is 3.18. The summed E-state index contributed by atoms with van der Waals surface area (Å²) in [7, 11) is -3.75. The van der Waals surface area contributed by atoms with Gasteiger partial charge in [-0.1, -0.05) is 18.2 Å². The Morgan fingerprint density at radius 1 is 1.39 bits per heavy atom. The number of rotatable bonds is 3. The molecule has 118 valence electrons. The fraction of sp³-hybridized carbons (Fsp3) is 0.250. The number of aromatic nitrogens is 1. The maximum absolute atomic E-state index is 12.4. The molecule has 7 heteroatoms. The number of ether oxygens (including phenoxy) is 1. The number of para-hydroxylation sites is 1. The highest BCUT2D eigenvalue weighted by atomic mass is 32.2. The lowest BCUT2D eigenvalue weighted by atomic mass is 10.0. The van der Waals surface area contributed by atoms with E-state index in [-0.39, 0.29) is 23.1 Å². The van der Waals surface area contributed by atoms with Gasteiger partial charge in [0.2, 0.25) is 10.0 Å². The van der Waals surface area contributed by atoms with Crippen LogP contribution in [0.5, 0.6) is 5.75 Å². The molecule has 0 saturated heterocycles. The van der Waals surface area contributed by atoms with Crippen molar-refractivity contribution >= 4 is 10.0 Å². The minimum absolute atomic E-state index is 0.0217. The molecule has 1 aromatic heterocycles. The van der Waals surface area contributed by atoms with Crippen molar-refractivity contribution in [2.75, 3.05) is 6.61 Å². The highest BCUT2D eigenvalue weighted by Gasteiger charge is 2.26. The summed E-state index contributed by atoms with van der Waals surface area (Å²) in [4.78, 5) is 3.77. The topological polar surface area (TPSA) is 92.1 Å². The van der Waals surface area contributed by atoms with E-state index >= 15 is 0 Å². The Morgan fingerprint density at radius 3 is 3.00 bits per heavy atom. The van der Waals surface area contributed by atoms with Gasteiger partial charge in [0.15, 0.2) is 0 Å². The lowest BCUT2D eigenvalue weighted by Crippen LogP contribution is -2.42. The van der Waals surface area contributed by atoms with E-state index in [1.165, 1.54) is 18.5 Å². The van der Waals surface area contributed by atoms with Crippen LogP contribution in [0.15, 0.2) is 41.6 Å². The average molecular weight is 329 g/mol. The fourth-order valence-corrected chi connectivity index (χ4v) is 3.79. The number of nitriles is 1. The van der Waals surface area contributed by atoms with Crippen molar-refractivity contribution in [3.05, 3.63) is 53.3 Å². The molecule has 0 unspecified atom stereocenters. The predicted octanol–water partition coefficient (Wildman–Crippen LogP) is 1.54. The molecule has 6 nitrogen and oxygen atoms in total. The first-order valence-corrected chi connectivity index (χ1v) is 8.56. The molecule has 1 aromatic carbocycles. The first-order chi connectivity index (χ1) is 11.0. The second-order valence-electron chi connectivity index (χ2n) is 5.42. The molecule has 3 rings (SSSR count). The standard InChI is InChI=1S/C16H15N3O3S/c1-11-3-2-4-13-6-14(10-22-16(11)13)19-23(20,21)15-5-12(7-17)8-18-9-15/h2-5,8-9,14,19H,6,10H2,1H3/t14-/m0/s1. The van der Waals surface area contributed by atoms with Gasteiger partial charge in [-0.25, -0.2) is 13.1 Å². The van der Waals surface area contributed by atoms with E-state index in [9.17, 15) is 8.42 Å². The minimum atomic E-state index is -3.75. The Balaban J connectivity index is 1.81. The number of hydrogen-bond acceptors (Lipinski definition) is 5. The van der Waals surface area contributed by atoms with Gasteiger partial charge < -0.3 is 4.74 Å². The molecule has 0 saturated carbocycles. The van der Waals surface area contributed by atoms with Crippen LogP contribution in [0.1, 0.15) is 16.7 Å². The van der Waals surface area contributed by atoms with Crippen LogP contribution in [-0.4, -0.2) is 26.1 Å². The van der Waals surface area contributed by atoms with Crippen LogP contribution in [0.25, 0.3) is 0 Å². The van der Waals surface area contributed by atoms with Crippen molar-refractivity contribution in [1.82, 2.24) is 9.71 Å². The van der Waals surface area contributed by atoms with Crippen LogP contribution < -0.4 is 9.46 Å². The smallest absolute Gasteiger partial charge is 0.242 e. The van der Waals surface area contributed by atoms with Crippen LogP contribution in [0.2, 0.25) is 0 Å². The normalized spacial score (nSPS) is 17.0. The van der Waals surface area contributed by atoms with Crippen LogP contribution in [-0.2, 0) is 16.4 Å². The van der Waals surface area contributed by atoms with Gasteiger partial charge in [-0.05, 0) is 30.5 Å². The van der Waals surface area contributed by atoms with Crippen molar-refractivity contribution in [3.63, 3.8) is 0 Å². The van der Waals surface area contributed by atoms with Gasteiger partial charge in [0.05, 0.1) is 11.6 Å². The third-order valence-corrected chi connectivity index (χ3v) is 5.15. The van der Waals surface area contributed by atoms with Crippen LogP contribution >= 0.6 is 0 Å². The summed E-state index contributed by atoms with van der Waals surface area (Å²) in [5.74, 6) is 0.830. The summed E-state index contributed by atoms with van der Waals surface area (Å²) in [5, 5.41) is 8.86. The van der Waals surface area contributed by atoms with E-state index in [4.69, 9.17) is 10.00 Å². The minimum Gasteiger partial charge on any atom is -0.491 e. The summed E-state index contributed by atoms with van der Waals surface area (Å²) in [6.45, 7) is 2.23. The molecule has 1 aliphatic rings. The highest BCUT2D eigenvalue weighted by Crippen LogP contribution is 2.28. The van der Waals surface area contributed by atoms with Crippen molar-refractivity contribution in [2.24, 2.45) is 0 Å². The zero-order chi connectivity index (χ0) is 16.4. The average Bonchev–Trinajstić information content (AvgIpc) is 2.54. The summed E-state index contributed by atoms with van der Waals surface area (Å²) in [6.07, 6.45) is 3.11. The molecule has 0 radical (unpaired) electrons. The SMILES string of the molecule is Cc1cccc2c1OC[C@@H](NS(=O)(=O)c1cncc(C#N)c1)C2. The molecule has 1 aliphatic heterocycles. The Kier molecular flexibility index (Phi) is 4.03. The molecule has 2 heterocycles. The number of aryl methyl sites for hydroxylation is 1. The maximum Gasteiger partial charge on any atom is 0.242 e. The zero-order valence-corrected chi connectivity index (χ0v) is 13.3. The van der Waals surface area contributed by atoms with Crippen molar-refractivity contribution < 1.29 is 13.2 Å². The van der Waals surface area contributed by atoms with Crippen molar-refractivity contribution in [1.29, 1.82) is 5.26 Å². The predicted molar refractivity (Wildman–Crippen MR) is 83.4 cm³/mol. The number of sulfonamides is 1. The Labute approximate surface area is 134 Å². The van der Waals surface area contributed by atoms with E-state index in [0.29, 0.717) is 6.42 Å². The molecule has 0 bridgehead atoms. The Bertz CT molecular complexity index is 888. The second-order valence-corrected chi connectivity index (χ2v) is 7.13. The first kappa shape index (κ1) is 15.5. The van der Waals surface area contributed by atoms with Crippen LogP contribution in [0.4, 0.5) is 0 Å². The van der Waals surface area contributed by atoms with E-state index in [1.54, 1.807) is 0 Å². The van der Waals surface area contributed by atoms with Gasteiger partial charge in [0.25, 0.3) is 0 Å². The van der Waals surface area contributed by atoms with Gasteiger partial charge in [0, 0.05) is 12.4 Å². The van der Waals surface area contributed by atoms with Crippen LogP contribution in [0.3, 0.4) is 0 Å². The molecular weight excluding hydrogens is 314 g/mol. The second kappa shape index (κ2) is 5.99. The largest absolute Gasteiger partial charge is 0.491 e. The third-order valence-electron chi connectivity index (χ3n) is 3.66. The molecule has 0 amide bonds. The fourth-order valence-electron chi connectivity index (χ4n) is 2.58. The summed E-state index contributed by atoms with van der Waals surface area (Å²) < 4.78 is 33.2. The van der Waals surface area contributed by atoms with E-state index < -0.39 is 10.0 Å². The van der Waals surface area contributed by atoms with Crippen molar-refractivity contribution in [3.8, 4) is 11.8 Å². The van der Waals surface area contributed by atoms with Crippen molar-refractivity contribution in [2.45, 2.75) is 24.3 Å². The summed E-state index contributed by atoms with van der Waals surface area (Å²) in [6, 6.07) is 8.64. The maximum atomic E-state index is 12.4. The van der Waals surface area contributed by atoms with Gasteiger partial charge in [0.1, 0.15) is 23.3 Å². The van der Waals surface area contributed by atoms with E-state index in [2.05, 4.69) is 9.71 Å². The zero-order valence-electron chi connectivity index (χ0n) is 12.5. The molecule has 23 heavy (non-hydrogen) atoms. The van der Waals surface area contributed by atoms with E-state index in [0.717, 1.165) is 16.9 Å². The van der Waals surface area contributed by atoms with Gasteiger partial charge in [-0.3, -0.25) is 4.98 Å². The highest BCUT2D eigenvalue weighted by molar-refractivity contribution is 7.89. The Hall–Kier alpha value is -2.43. The number of nitrogens with one attached hydrogen (secondary N) is 1. The quantitative estimate of drug-likeness (QED) is 0.922. The molecular formula is C16H15N3O3S. The van der Waals surface area contributed by atoms with Gasteiger partial charge >= 0.3 is 0 Å². The number of hydrogen-bond donors (Lipinski definition) is 1. The molecule has 0 spiro atoms.